The zero-order valence-corrected chi connectivity index (χ0v) is 19.7. The third-order valence-electron chi connectivity index (χ3n) is 4.84. The number of ether oxygens (including phenoxy) is 2. The van der Waals surface area contributed by atoms with Crippen molar-refractivity contribution in [2.75, 3.05) is 12.8 Å². The van der Waals surface area contributed by atoms with Crippen LogP contribution in [0, 0.1) is 11.8 Å². The third kappa shape index (κ3) is 8.13. The molecule has 174 valence electrons. The summed E-state index contributed by atoms with van der Waals surface area (Å²) >= 11 is 0. The fourth-order valence-electron chi connectivity index (χ4n) is 3.42. The Kier molecular flexibility index (Phi) is 9.95. The first kappa shape index (κ1) is 25.6. The maximum absolute atomic E-state index is 13.5. The zero-order chi connectivity index (χ0) is 23.6. The molecule has 0 bridgehead atoms. The first-order valence-corrected chi connectivity index (χ1v) is 12.6. The number of benzene rings is 2. The largest absolute Gasteiger partial charge is 0.466 e. The molecule has 0 radical (unpaired) electrons. The van der Waals surface area contributed by atoms with Gasteiger partial charge in [-0.1, -0.05) is 74.5 Å². The molecule has 0 saturated carbocycles. The second-order valence-corrected chi connectivity index (χ2v) is 10.4. The van der Waals surface area contributed by atoms with Crippen molar-refractivity contribution in [1.29, 1.82) is 0 Å². The van der Waals surface area contributed by atoms with Gasteiger partial charge in [0.05, 0.1) is 12.5 Å². The van der Waals surface area contributed by atoms with Gasteiger partial charge in [-0.15, -0.1) is 0 Å². The number of esters is 1. The van der Waals surface area contributed by atoms with Crippen LogP contribution in [-0.2, 0) is 25.4 Å². The van der Waals surface area contributed by atoms with E-state index in [9.17, 15) is 19.0 Å². The summed E-state index contributed by atoms with van der Waals surface area (Å²) in [5.41, 5.74) is 1.26. The molecule has 2 rings (SSSR count). The second-order valence-electron chi connectivity index (χ2n) is 8.04. The molecule has 2 N–H and O–H groups in total. The predicted molar refractivity (Wildman–Crippen MR) is 123 cm³/mol. The smallest absolute Gasteiger partial charge is 0.408 e. The van der Waals surface area contributed by atoms with E-state index in [1.165, 1.54) is 0 Å². The lowest BCUT2D eigenvalue weighted by atomic mass is 9.99. The topological polar surface area (TPSA) is 102 Å². The van der Waals surface area contributed by atoms with Crippen molar-refractivity contribution in [3.63, 3.8) is 0 Å². The van der Waals surface area contributed by atoms with Crippen LogP contribution >= 0.6 is 7.37 Å². The molecular formula is C24H32NO6P. The molecular weight excluding hydrogens is 429 g/mol. The molecule has 3 atom stereocenters. The zero-order valence-electron chi connectivity index (χ0n) is 18.8. The number of hydrogen-bond acceptors (Lipinski definition) is 5. The molecule has 0 aliphatic heterocycles. The van der Waals surface area contributed by atoms with Crippen LogP contribution in [0.15, 0.2) is 60.7 Å². The number of hydrogen-bond donors (Lipinski definition) is 2. The maximum atomic E-state index is 13.5. The molecule has 7 nitrogen and oxygen atoms in total. The van der Waals surface area contributed by atoms with Crippen molar-refractivity contribution < 1.29 is 28.5 Å². The van der Waals surface area contributed by atoms with Gasteiger partial charge in [0, 0.05) is 6.16 Å². The van der Waals surface area contributed by atoms with Crippen molar-refractivity contribution in [3.05, 3.63) is 71.8 Å². The molecule has 0 saturated heterocycles. The van der Waals surface area contributed by atoms with Crippen LogP contribution in [0.3, 0.4) is 0 Å². The lowest BCUT2D eigenvalue weighted by Gasteiger charge is -2.27. The van der Waals surface area contributed by atoms with Crippen molar-refractivity contribution >= 4 is 19.4 Å². The summed E-state index contributed by atoms with van der Waals surface area (Å²) < 4.78 is 23.9. The molecule has 0 aromatic heterocycles. The van der Waals surface area contributed by atoms with Gasteiger partial charge in [0.1, 0.15) is 12.4 Å². The van der Waals surface area contributed by atoms with Gasteiger partial charge >= 0.3 is 12.1 Å². The van der Waals surface area contributed by atoms with Crippen LogP contribution in [0.25, 0.3) is 0 Å². The van der Waals surface area contributed by atoms with E-state index in [0.29, 0.717) is 12.0 Å². The molecule has 2 unspecified atom stereocenters. The molecule has 32 heavy (non-hydrogen) atoms. The molecule has 0 fully saturated rings. The van der Waals surface area contributed by atoms with E-state index in [1.807, 2.05) is 44.2 Å². The van der Waals surface area contributed by atoms with Gasteiger partial charge in [0.15, 0.2) is 0 Å². The fraction of sp³-hybridized carbons (Fsp3) is 0.417. The Morgan fingerprint density at radius 3 is 2.16 bits per heavy atom. The van der Waals surface area contributed by atoms with E-state index >= 15 is 0 Å². The van der Waals surface area contributed by atoms with Crippen LogP contribution in [0.2, 0.25) is 0 Å². The van der Waals surface area contributed by atoms with E-state index in [0.717, 1.165) is 5.56 Å². The monoisotopic (exact) mass is 461 g/mol. The Labute approximate surface area is 189 Å². The van der Waals surface area contributed by atoms with Crippen LogP contribution in [0.1, 0.15) is 44.1 Å². The fourth-order valence-corrected chi connectivity index (χ4v) is 5.51. The van der Waals surface area contributed by atoms with Gasteiger partial charge in [-0.3, -0.25) is 9.36 Å². The molecule has 0 aliphatic rings. The molecule has 2 aromatic carbocycles. The van der Waals surface area contributed by atoms with E-state index in [4.69, 9.17) is 9.47 Å². The Balaban J connectivity index is 2.21. The van der Waals surface area contributed by atoms with E-state index in [-0.39, 0.29) is 25.3 Å². The SMILES string of the molecule is CCOC(=O)C(CC(C)C)CP(=O)(O)[C@@H](NC(=O)OCc1ccccc1)c1ccccc1. The highest BCUT2D eigenvalue weighted by Crippen LogP contribution is 2.55. The summed E-state index contributed by atoms with van der Waals surface area (Å²) in [7, 11) is -4.08. The summed E-state index contributed by atoms with van der Waals surface area (Å²) in [4.78, 5) is 36.0. The quantitative estimate of drug-likeness (QED) is 0.356. The maximum Gasteiger partial charge on any atom is 0.408 e. The minimum absolute atomic E-state index is 0.0305. The molecule has 0 spiro atoms. The first-order chi connectivity index (χ1) is 15.2. The van der Waals surface area contributed by atoms with Crippen LogP contribution < -0.4 is 5.32 Å². The first-order valence-electron chi connectivity index (χ1n) is 10.7. The molecule has 0 aliphatic carbocycles. The van der Waals surface area contributed by atoms with Crippen molar-refractivity contribution in [2.24, 2.45) is 11.8 Å². The number of carbonyl (C=O) groups is 2. The Hall–Kier alpha value is -2.63. The average Bonchev–Trinajstić information content (AvgIpc) is 2.76. The normalized spacial score (nSPS) is 14.8. The van der Waals surface area contributed by atoms with Gasteiger partial charge in [-0.2, -0.15) is 0 Å². The Morgan fingerprint density at radius 2 is 1.59 bits per heavy atom. The van der Waals surface area contributed by atoms with E-state index < -0.39 is 31.1 Å². The van der Waals surface area contributed by atoms with Gasteiger partial charge in [0.25, 0.3) is 0 Å². The number of nitrogens with one attached hydrogen (secondary N) is 1. The lowest BCUT2D eigenvalue weighted by Crippen LogP contribution is -2.32. The summed E-state index contributed by atoms with van der Waals surface area (Å²) in [5.74, 6) is -2.34. The highest BCUT2D eigenvalue weighted by atomic mass is 31.2. The van der Waals surface area contributed by atoms with Gasteiger partial charge in [-0.05, 0) is 30.4 Å². The Morgan fingerprint density at radius 1 is 1.00 bits per heavy atom. The van der Waals surface area contributed by atoms with Crippen molar-refractivity contribution in [3.8, 4) is 0 Å². The summed E-state index contributed by atoms with van der Waals surface area (Å²) in [5, 5.41) is 2.55. The number of amides is 1. The average molecular weight is 461 g/mol. The summed E-state index contributed by atoms with van der Waals surface area (Å²) in [6.45, 7) is 5.78. The van der Waals surface area contributed by atoms with Gasteiger partial charge < -0.3 is 19.7 Å². The number of rotatable bonds is 11. The minimum Gasteiger partial charge on any atom is -0.466 e. The van der Waals surface area contributed by atoms with Gasteiger partial charge in [-0.25, -0.2) is 4.79 Å². The molecule has 1 amide bonds. The lowest BCUT2D eigenvalue weighted by molar-refractivity contribution is -0.147. The van der Waals surface area contributed by atoms with Crippen LogP contribution in [0.5, 0.6) is 0 Å². The minimum atomic E-state index is -4.08. The van der Waals surface area contributed by atoms with Crippen LogP contribution in [-0.4, -0.2) is 29.7 Å². The molecule has 0 heterocycles. The summed E-state index contributed by atoms with van der Waals surface area (Å²) in [6.07, 6.45) is -0.708. The second kappa shape index (κ2) is 12.4. The molecule has 8 heteroatoms. The standard InChI is InChI=1S/C24H32NO6P/c1-4-30-23(26)21(15-18(2)3)17-32(28,29)22(20-13-9-6-10-14-20)25-24(27)31-16-19-11-7-5-8-12-19/h5-14,18,21-22H,4,15-17H2,1-3H3,(H,25,27)(H,28,29)/t21?,22-/m1/s1. The summed E-state index contributed by atoms with van der Waals surface area (Å²) in [6, 6.07) is 17.7. The van der Waals surface area contributed by atoms with Crippen molar-refractivity contribution in [2.45, 2.75) is 39.6 Å². The highest BCUT2D eigenvalue weighted by molar-refractivity contribution is 7.58. The van der Waals surface area contributed by atoms with E-state index in [2.05, 4.69) is 5.32 Å². The Bertz CT molecular complexity index is 903. The third-order valence-corrected chi connectivity index (χ3v) is 7.04. The van der Waals surface area contributed by atoms with Crippen molar-refractivity contribution in [1.82, 2.24) is 5.32 Å². The van der Waals surface area contributed by atoms with E-state index in [1.54, 1.807) is 37.3 Å². The van der Waals surface area contributed by atoms with Gasteiger partial charge in [0.2, 0.25) is 7.37 Å². The predicted octanol–water partition coefficient (Wildman–Crippen LogP) is 5.11. The highest BCUT2D eigenvalue weighted by Gasteiger charge is 2.39. The van der Waals surface area contributed by atoms with Crippen LogP contribution in [0.4, 0.5) is 4.79 Å². The number of alkyl carbamates (subject to hydrolysis) is 1. The number of carbonyl (C=O) groups excluding carboxylic acids is 2. The molecule has 2 aromatic rings.